The van der Waals surface area contributed by atoms with Gasteiger partial charge in [-0.15, -0.1) is 13.2 Å². The molecule has 2 aliphatic heterocycles. The van der Waals surface area contributed by atoms with Crippen LogP contribution >= 0.6 is 0 Å². The lowest BCUT2D eigenvalue weighted by molar-refractivity contribution is -0.275. The van der Waals surface area contributed by atoms with Gasteiger partial charge in [-0.2, -0.15) is 4.31 Å². The Bertz CT molecular complexity index is 1390. The summed E-state index contributed by atoms with van der Waals surface area (Å²) in [5.74, 6) is -0.00644. The average Bonchev–Trinajstić information content (AvgIpc) is 2.95. The molecule has 0 bridgehead atoms. The Hall–Kier alpha value is -3.19. The largest absolute Gasteiger partial charge is 0.573 e. The van der Waals surface area contributed by atoms with Gasteiger partial charge in [0.05, 0.1) is 0 Å². The van der Waals surface area contributed by atoms with Crippen molar-refractivity contribution in [2.45, 2.75) is 43.3 Å². The molecule has 2 saturated heterocycles. The van der Waals surface area contributed by atoms with Crippen molar-refractivity contribution in [3.8, 4) is 11.5 Å². The van der Waals surface area contributed by atoms with Crippen molar-refractivity contribution in [2.75, 3.05) is 39.3 Å². The molecule has 3 aromatic rings. The van der Waals surface area contributed by atoms with Crippen molar-refractivity contribution in [2.24, 2.45) is 0 Å². The highest BCUT2D eigenvalue weighted by atomic mass is 32.2. The molecule has 5 rings (SSSR count). The minimum Gasteiger partial charge on any atom is -0.490 e. The molecule has 0 spiro atoms. The van der Waals surface area contributed by atoms with E-state index in [0.29, 0.717) is 12.8 Å². The summed E-state index contributed by atoms with van der Waals surface area (Å²) < 4.78 is 76.0. The smallest absolute Gasteiger partial charge is 0.490 e. The topological polar surface area (TPSA) is 75.2 Å². The zero-order valence-electron chi connectivity index (χ0n) is 22.5. The number of rotatable bonds is 9. The highest BCUT2D eigenvalue weighted by Crippen LogP contribution is 2.33. The molecule has 0 N–H and O–H groups in total. The van der Waals surface area contributed by atoms with Gasteiger partial charge in [0.2, 0.25) is 10.0 Å². The third-order valence-corrected chi connectivity index (χ3v) is 9.23. The predicted molar refractivity (Wildman–Crippen MR) is 147 cm³/mol. The molecule has 1 aromatic heterocycles. The summed E-state index contributed by atoms with van der Waals surface area (Å²) in [5, 5.41) is 0. The Morgan fingerprint density at radius 3 is 2.15 bits per heavy atom. The van der Waals surface area contributed by atoms with Crippen molar-refractivity contribution in [3.05, 3.63) is 84.2 Å². The minimum atomic E-state index is -4.99. The molecule has 0 radical (unpaired) electrons. The Morgan fingerprint density at radius 1 is 0.829 bits per heavy atom. The van der Waals surface area contributed by atoms with Gasteiger partial charge in [-0.25, -0.2) is 8.42 Å². The molecule has 12 heteroatoms. The third-order valence-electron chi connectivity index (χ3n) is 7.29. The molecule has 41 heavy (non-hydrogen) atoms. The molecule has 220 valence electrons. The first-order valence-corrected chi connectivity index (χ1v) is 15.0. The van der Waals surface area contributed by atoms with Crippen molar-refractivity contribution in [1.82, 2.24) is 19.1 Å². The second-order valence-corrected chi connectivity index (χ2v) is 12.2. The highest BCUT2D eigenvalue weighted by Gasteiger charge is 2.37. The first-order chi connectivity index (χ1) is 19.7. The van der Waals surface area contributed by atoms with E-state index in [-0.39, 0.29) is 19.2 Å². The number of hydrogen-bond acceptors (Lipinski definition) is 7. The number of piperazine rings is 1. The maximum Gasteiger partial charge on any atom is 0.573 e. The van der Waals surface area contributed by atoms with Crippen molar-refractivity contribution >= 4 is 10.0 Å². The summed E-state index contributed by atoms with van der Waals surface area (Å²) in [4.78, 5) is 8.55. The number of benzene rings is 2. The van der Waals surface area contributed by atoms with Crippen LogP contribution in [-0.4, -0.2) is 79.2 Å². The minimum absolute atomic E-state index is 0.135. The molecule has 0 atom stereocenters. The highest BCUT2D eigenvalue weighted by molar-refractivity contribution is 7.89. The number of nitrogens with zero attached hydrogens (tertiary/aromatic N) is 4. The Labute approximate surface area is 238 Å². The molecule has 0 unspecified atom stereocenters. The van der Waals surface area contributed by atoms with E-state index in [1.165, 1.54) is 22.0 Å². The summed E-state index contributed by atoms with van der Waals surface area (Å²) in [7, 11) is -4.17. The van der Waals surface area contributed by atoms with E-state index >= 15 is 0 Å². The number of halogens is 3. The Kier molecular flexibility index (Phi) is 9.12. The monoisotopic (exact) mass is 590 g/mol. The van der Waals surface area contributed by atoms with Gasteiger partial charge in [-0.1, -0.05) is 30.3 Å². The molecule has 2 aromatic carbocycles. The van der Waals surface area contributed by atoms with Gasteiger partial charge in [0.25, 0.3) is 0 Å². The average molecular weight is 591 g/mol. The Balaban J connectivity index is 1.12. The van der Waals surface area contributed by atoms with Gasteiger partial charge >= 0.3 is 6.36 Å². The standard InChI is InChI=1S/C29H33F3N4O4S/c30-29(31,32)40-27-8-1-2-9-28(27)41(37,38)36-13-10-25(11-14-36)39-26-7-3-5-23(19-26)21-34-15-17-35(18-16-34)22-24-6-4-12-33-20-24/h1-9,12,19-20,25H,10-11,13-18,21-22H2. The second-order valence-electron chi connectivity index (χ2n) is 10.3. The van der Waals surface area contributed by atoms with E-state index in [9.17, 15) is 21.6 Å². The fourth-order valence-corrected chi connectivity index (χ4v) is 6.81. The lowest BCUT2D eigenvalue weighted by Crippen LogP contribution is -2.45. The summed E-state index contributed by atoms with van der Waals surface area (Å²) in [6.07, 6.45) is -0.652. The van der Waals surface area contributed by atoms with Gasteiger partial charge < -0.3 is 9.47 Å². The molecule has 0 amide bonds. The number of hydrogen-bond donors (Lipinski definition) is 0. The lowest BCUT2D eigenvalue weighted by Gasteiger charge is -2.34. The summed E-state index contributed by atoms with van der Waals surface area (Å²) in [6, 6.07) is 16.8. The number of aromatic nitrogens is 1. The Morgan fingerprint density at radius 2 is 1.49 bits per heavy atom. The molecule has 0 saturated carbocycles. The number of alkyl halides is 3. The fourth-order valence-electron chi connectivity index (χ4n) is 5.22. The van der Waals surface area contributed by atoms with E-state index in [1.807, 2.05) is 30.5 Å². The molecule has 2 aliphatic rings. The molecule has 0 aliphatic carbocycles. The quantitative estimate of drug-likeness (QED) is 0.363. The van der Waals surface area contributed by atoms with E-state index in [0.717, 1.165) is 62.7 Å². The first-order valence-electron chi connectivity index (χ1n) is 13.6. The van der Waals surface area contributed by atoms with Gasteiger partial charge in [0.15, 0.2) is 0 Å². The van der Waals surface area contributed by atoms with Gasteiger partial charge in [-0.05, 0) is 54.3 Å². The van der Waals surface area contributed by atoms with Crippen molar-refractivity contribution in [1.29, 1.82) is 0 Å². The van der Waals surface area contributed by atoms with E-state index < -0.39 is 27.0 Å². The van der Waals surface area contributed by atoms with Crippen LogP contribution in [0.2, 0.25) is 0 Å². The molecule has 3 heterocycles. The van der Waals surface area contributed by atoms with E-state index in [1.54, 1.807) is 6.20 Å². The van der Waals surface area contributed by atoms with Crippen LogP contribution in [0.15, 0.2) is 78.0 Å². The maximum atomic E-state index is 13.1. The number of ether oxygens (including phenoxy) is 2. The van der Waals surface area contributed by atoms with Crippen molar-refractivity contribution in [3.63, 3.8) is 0 Å². The normalized spacial score (nSPS) is 18.3. The van der Waals surface area contributed by atoms with Crippen LogP contribution in [0.4, 0.5) is 13.2 Å². The van der Waals surface area contributed by atoms with Crippen LogP contribution in [0.25, 0.3) is 0 Å². The molecule has 8 nitrogen and oxygen atoms in total. The number of sulfonamides is 1. The van der Waals surface area contributed by atoms with Crippen LogP contribution in [0.3, 0.4) is 0 Å². The van der Waals surface area contributed by atoms with Crippen LogP contribution in [0.1, 0.15) is 24.0 Å². The number of pyridine rings is 1. The lowest BCUT2D eigenvalue weighted by atomic mass is 10.1. The van der Waals surface area contributed by atoms with Gasteiger partial charge in [0, 0.05) is 64.8 Å². The summed E-state index contributed by atoms with van der Waals surface area (Å²) in [5.41, 5.74) is 2.36. The molecule has 2 fully saturated rings. The fraction of sp³-hybridized carbons (Fsp3) is 0.414. The van der Waals surface area contributed by atoms with Gasteiger partial charge in [0.1, 0.15) is 22.5 Å². The SMILES string of the molecule is O=S(=O)(c1ccccc1OC(F)(F)F)N1CCC(Oc2cccc(CN3CCN(Cc4cccnc4)CC3)c2)CC1. The maximum absolute atomic E-state index is 13.1. The van der Waals surface area contributed by atoms with Crippen LogP contribution in [-0.2, 0) is 23.1 Å². The second kappa shape index (κ2) is 12.8. The molecular weight excluding hydrogens is 557 g/mol. The van der Waals surface area contributed by atoms with E-state index in [4.69, 9.17) is 4.74 Å². The summed E-state index contributed by atoms with van der Waals surface area (Å²) >= 11 is 0. The first kappa shape index (κ1) is 29.3. The van der Waals surface area contributed by atoms with Crippen LogP contribution in [0, 0.1) is 0 Å². The predicted octanol–water partition coefficient (Wildman–Crippen LogP) is 4.53. The van der Waals surface area contributed by atoms with Crippen LogP contribution < -0.4 is 9.47 Å². The number of para-hydroxylation sites is 1. The zero-order valence-corrected chi connectivity index (χ0v) is 23.4. The number of piperidine rings is 1. The van der Waals surface area contributed by atoms with Crippen LogP contribution in [0.5, 0.6) is 11.5 Å². The summed E-state index contributed by atoms with van der Waals surface area (Å²) in [6.45, 7) is 5.89. The van der Waals surface area contributed by atoms with E-state index in [2.05, 4.69) is 31.7 Å². The molecular formula is C29H33F3N4O4S. The van der Waals surface area contributed by atoms with Crippen molar-refractivity contribution < 1.29 is 31.1 Å². The third kappa shape index (κ3) is 7.97. The zero-order chi connectivity index (χ0) is 28.9. The van der Waals surface area contributed by atoms with Gasteiger partial charge in [-0.3, -0.25) is 14.8 Å².